The van der Waals surface area contributed by atoms with Crippen molar-refractivity contribution >= 4 is 12.1 Å². The Hall–Kier alpha value is -1.54. The van der Waals surface area contributed by atoms with E-state index in [1.165, 1.54) is 0 Å². The van der Waals surface area contributed by atoms with Crippen LogP contribution in [0.4, 0.5) is 9.59 Å². The van der Waals surface area contributed by atoms with Gasteiger partial charge in [-0.05, 0) is 37.0 Å². The van der Waals surface area contributed by atoms with Crippen molar-refractivity contribution in [2.75, 3.05) is 26.2 Å². The van der Waals surface area contributed by atoms with E-state index in [0.29, 0.717) is 26.2 Å². The molecule has 0 saturated heterocycles. The molecule has 1 aliphatic rings. The van der Waals surface area contributed by atoms with E-state index in [0.717, 1.165) is 19.3 Å². The standard InChI is InChI=1S/C17H36N6O2/c1-12(19)9-21-15(25)23-13-7-16(2,3)10-17(4,8-13)11-22-14(24)20-6-5-18/h12-13H,5-11,18-19H2,1-4H3,(H2,20,22,24)(H2,21,23,25). The van der Waals surface area contributed by atoms with Crippen LogP contribution in [0, 0.1) is 10.8 Å². The lowest BCUT2D eigenvalue weighted by Crippen LogP contribution is -2.53. The van der Waals surface area contributed by atoms with Crippen molar-refractivity contribution in [3.8, 4) is 0 Å². The third kappa shape index (κ3) is 8.40. The van der Waals surface area contributed by atoms with E-state index in [4.69, 9.17) is 11.5 Å². The van der Waals surface area contributed by atoms with Gasteiger partial charge in [-0.25, -0.2) is 9.59 Å². The van der Waals surface area contributed by atoms with Gasteiger partial charge in [0.15, 0.2) is 0 Å². The van der Waals surface area contributed by atoms with Gasteiger partial charge in [-0.2, -0.15) is 0 Å². The maximum atomic E-state index is 12.1. The van der Waals surface area contributed by atoms with E-state index in [1.54, 1.807) is 0 Å². The Morgan fingerprint density at radius 1 is 1.12 bits per heavy atom. The van der Waals surface area contributed by atoms with E-state index in [2.05, 4.69) is 42.0 Å². The van der Waals surface area contributed by atoms with Gasteiger partial charge in [0.05, 0.1) is 0 Å². The molecule has 0 bridgehead atoms. The van der Waals surface area contributed by atoms with Gasteiger partial charge >= 0.3 is 12.1 Å². The minimum Gasteiger partial charge on any atom is -0.338 e. The zero-order valence-corrected chi connectivity index (χ0v) is 16.1. The minimum absolute atomic E-state index is 0.0655. The van der Waals surface area contributed by atoms with E-state index in [-0.39, 0.29) is 35.0 Å². The number of carbonyl (C=O) groups excluding carboxylic acids is 2. The lowest BCUT2D eigenvalue weighted by atomic mass is 9.62. The van der Waals surface area contributed by atoms with Gasteiger partial charge in [0.2, 0.25) is 0 Å². The van der Waals surface area contributed by atoms with E-state index >= 15 is 0 Å². The third-order valence-corrected chi connectivity index (χ3v) is 4.47. The molecule has 8 heteroatoms. The molecule has 3 atom stereocenters. The second-order valence-corrected chi connectivity index (χ2v) is 8.49. The predicted octanol–water partition coefficient (Wildman–Crippen LogP) is 0.476. The fourth-order valence-corrected chi connectivity index (χ4v) is 3.90. The molecule has 0 heterocycles. The summed E-state index contributed by atoms with van der Waals surface area (Å²) >= 11 is 0. The van der Waals surface area contributed by atoms with Gasteiger partial charge in [0.1, 0.15) is 0 Å². The van der Waals surface area contributed by atoms with Gasteiger partial charge in [-0.1, -0.05) is 20.8 Å². The zero-order valence-electron chi connectivity index (χ0n) is 16.1. The van der Waals surface area contributed by atoms with Crippen molar-refractivity contribution < 1.29 is 9.59 Å². The average molecular weight is 357 g/mol. The molecule has 0 spiro atoms. The summed E-state index contributed by atoms with van der Waals surface area (Å²) in [6.07, 6.45) is 2.71. The van der Waals surface area contributed by atoms with Crippen molar-refractivity contribution in [2.45, 2.75) is 59.0 Å². The molecule has 4 amide bonds. The summed E-state index contributed by atoms with van der Waals surface area (Å²) in [7, 11) is 0. The number of hydrogen-bond acceptors (Lipinski definition) is 4. The molecule has 1 aliphatic carbocycles. The van der Waals surface area contributed by atoms with Crippen LogP contribution in [0.15, 0.2) is 0 Å². The number of nitrogens with two attached hydrogens (primary N) is 2. The Bertz CT molecular complexity index is 454. The van der Waals surface area contributed by atoms with Gasteiger partial charge < -0.3 is 32.7 Å². The maximum absolute atomic E-state index is 12.1. The van der Waals surface area contributed by atoms with Gasteiger partial charge in [-0.3, -0.25) is 0 Å². The molecular weight excluding hydrogens is 320 g/mol. The van der Waals surface area contributed by atoms with Crippen LogP contribution in [0.1, 0.15) is 47.0 Å². The van der Waals surface area contributed by atoms with Crippen molar-refractivity contribution in [3.63, 3.8) is 0 Å². The maximum Gasteiger partial charge on any atom is 0.315 e. The molecular formula is C17H36N6O2. The molecule has 8 nitrogen and oxygen atoms in total. The van der Waals surface area contributed by atoms with Crippen LogP contribution in [0.2, 0.25) is 0 Å². The quantitative estimate of drug-likeness (QED) is 0.395. The predicted molar refractivity (Wildman–Crippen MR) is 100 cm³/mol. The summed E-state index contributed by atoms with van der Waals surface area (Å²) in [5.74, 6) is 0. The highest BCUT2D eigenvalue weighted by Crippen LogP contribution is 2.45. The third-order valence-electron chi connectivity index (χ3n) is 4.47. The number of carbonyl (C=O) groups is 2. The Labute approximate surface area is 151 Å². The topological polar surface area (TPSA) is 134 Å². The molecule has 0 aromatic rings. The van der Waals surface area contributed by atoms with E-state index in [9.17, 15) is 9.59 Å². The first-order valence-electron chi connectivity index (χ1n) is 9.07. The number of hydrogen-bond donors (Lipinski definition) is 6. The largest absolute Gasteiger partial charge is 0.338 e. The number of urea groups is 2. The zero-order chi connectivity index (χ0) is 19.1. The normalized spacial score (nSPS) is 26.4. The first-order chi connectivity index (χ1) is 11.6. The molecule has 0 aromatic carbocycles. The van der Waals surface area contributed by atoms with Crippen LogP contribution in [-0.4, -0.2) is 50.3 Å². The van der Waals surface area contributed by atoms with Crippen LogP contribution < -0.4 is 32.7 Å². The Morgan fingerprint density at radius 3 is 2.40 bits per heavy atom. The highest BCUT2D eigenvalue weighted by atomic mass is 16.2. The molecule has 0 radical (unpaired) electrons. The minimum atomic E-state index is -0.200. The summed E-state index contributed by atoms with van der Waals surface area (Å²) < 4.78 is 0. The molecule has 1 rings (SSSR count). The van der Waals surface area contributed by atoms with E-state index in [1.807, 2.05) is 6.92 Å². The first kappa shape index (κ1) is 21.5. The first-order valence-corrected chi connectivity index (χ1v) is 9.07. The van der Waals surface area contributed by atoms with Crippen LogP contribution in [0.25, 0.3) is 0 Å². The number of nitrogens with one attached hydrogen (secondary N) is 4. The highest BCUT2D eigenvalue weighted by molar-refractivity contribution is 5.74. The smallest absolute Gasteiger partial charge is 0.315 e. The van der Waals surface area contributed by atoms with E-state index < -0.39 is 0 Å². The molecule has 1 fully saturated rings. The van der Waals surface area contributed by atoms with Crippen molar-refractivity contribution in [2.24, 2.45) is 22.3 Å². The molecule has 1 saturated carbocycles. The summed E-state index contributed by atoms with van der Waals surface area (Å²) in [4.78, 5) is 23.8. The Kier molecular flexibility index (Phi) is 7.95. The fourth-order valence-electron chi connectivity index (χ4n) is 3.90. The molecule has 0 aliphatic heterocycles. The summed E-state index contributed by atoms with van der Waals surface area (Å²) in [5, 5.41) is 11.5. The molecule has 0 aromatic heterocycles. The van der Waals surface area contributed by atoms with Crippen molar-refractivity contribution in [1.82, 2.24) is 21.3 Å². The summed E-state index contributed by atoms with van der Waals surface area (Å²) in [6, 6.07) is -0.393. The summed E-state index contributed by atoms with van der Waals surface area (Å²) in [6.45, 7) is 10.3. The SMILES string of the molecule is CC(N)CNC(=O)NC1CC(C)(C)CC(C)(CNC(=O)NCCN)C1. The monoisotopic (exact) mass is 356 g/mol. The fraction of sp³-hybridized carbons (Fsp3) is 0.882. The Balaban J connectivity index is 2.59. The second-order valence-electron chi connectivity index (χ2n) is 8.49. The molecule has 146 valence electrons. The average Bonchev–Trinajstić information content (AvgIpc) is 2.47. The van der Waals surface area contributed by atoms with Crippen LogP contribution in [-0.2, 0) is 0 Å². The highest BCUT2D eigenvalue weighted by Gasteiger charge is 2.41. The lowest BCUT2D eigenvalue weighted by molar-refractivity contribution is 0.0749. The van der Waals surface area contributed by atoms with Crippen LogP contribution in [0.3, 0.4) is 0 Å². The van der Waals surface area contributed by atoms with Crippen LogP contribution in [0.5, 0.6) is 0 Å². The van der Waals surface area contributed by atoms with Crippen LogP contribution >= 0.6 is 0 Å². The van der Waals surface area contributed by atoms with Crippen molar-refractivity contribution in [1.29, 1.82) is 0 Å². The van der Waals surface area contributed by atoms with Gasteiger partial charge in [-0.15, -0.1) is 0 Å². The lowest BCUT2D eigenvalue weighted by Gasteiger charge is -2.46. The Morgan fingerprint density at radius 2 is 1.80 bits per heavy atom. The van der Waals surface area contributed by atoms with Crippen molar-refractivity contribution in [3.05, 3.63) is 0 Å². The van der Waals surface area contributed by atoms with Gasteiger partial charge in [0, 0.05) is 38.3 Å². The van der Waals surface area contributed by atoms with Gasteiger partial charge in [0.25, 0.3) is 0 Å². The molecule has 25 heavy (non-hydrogen) atoms. The molecule has 3 unspecified atom stereocenters. The second kappa shape index (κ2) is 9.24. The number of rotatable bonds is 7. The molecule has 8 N–H and O–H groups in total. The summed E-state index contributed by atoms with van der Waals surface area (Å²) in [5.41, 5.74) is 11.1. The number of amides is 4.